The molecule has 0 saturated carbocycles. The van der Waals surface area contributed by atoms with Gasteiger partial charge in [0.1, 0.15) is 29.7 Å². The third-order valence-electron chi connectivity index (χ3n) is 4.66. The average molecular weight is 484 g/mol. The number of ether oxygens (including phenoxy) is 2. The van der Waals surface area contributed by atoms with Crippen LogP contribution in [0.3, 0.4) is 0 Å². The van der Waals surface area contributed by atoms with Gasteiger partial charge in [0.15, 0.2) is 16.8 Å². The number of methoxy groups -OCH3 is 1. The van der Waals surface area contributed by atoms with E-state index in [1.807, 2.05) is 25.1 Å². The Bertz CT molecular complexity index is 1230. The Morgan fingerprint density at radius 3 is 2.52 bits per heavy atom. The van der Waals surface area contributed by atoms with Gasteiger partial charge in [-0.15, -0.1) is 10.2 Å². The van der Waals surface area contributed by atoms with Crippen LogP contribution >= 0.6 is 23.4 Å². The second-order valence-electron chi connectivity index (χ2n) is 7.01. The summed E-state index contributed by atoms with van der Waals surface area (Å²) in [4.78, 5) is 12.4. The molecule has 0 aliphatic carbocycles. The molecule has 10 heteroatoms. The monoisotopic (exact) mass is 483 g/mol. The highest BCUT2D eigenvalue weighted by Gasteiger charge is 2.19. The van der Waals surface area contributed by atoms with Crippen LogP contribution in [-0.2, 0) is 11.4 Å². The number of ketones is 1. The van der Waals surface area contributed by atoms with Gasteiger partial charge in [-0.25, -0.2) is 0 Å². The standard InChI is InChI=1S/C23H22ClN5O3S/c1-14-4-5-16(10-20(14)24)29-22(12-32-18-8-6-17(31-3)7-9-18)27-28-23(29)33-13-21(30)19(11-25)15(2)26/h4-10H,12-13,26H2,1-3H3/b19-15+. The van der Waals surface area contributed by atoms with Gasteiger partial charge in [-0.3, -0.25) is 9.36 Å². The number of halogens is 1. The van der Waals surface area contributed by atoms with Crippen LogP contribution in [-0.4, -0.2) is 33.4 Å². The number of nitrogens with two attached hydrogens (primary N) is 1. The average Bonchev–Trinajstić information content (AvgIpc) is 3.21. The summed E-state index contributed by atoms with van der Waals surface area (Å²) in [5.41, 5.74) is 7.42. The molecule has 0 atom stereocenters. The lowest BCUT2D eigenvalue weighted by Crippen LogP contribution is -2.11. The van der Waals surface area contributed by atoms with Crippen LogP contribution in [0.4, 0.5) is 0 Å². The van der Waals surface area contributed by atoms with E-state index in [1.54, 1.807) is 42.0 Å². The van der Waals surface area contributed by atoms with E-state index in [9.17, 15) is 10.1 Å². The number of hydrogen-bond acceptors (Lipinski definition) is 8. The second-order valence-corrected chi connectivity index (χ2v) is 8.36. The number of aryl methyl sites for hydroxylation is 1. The predicted octanol–water partition coefficient (Wildman–Crippen LogP) is 4.23. The van der Waals surface area contributed by atoms with Crippen LogP contribution in [0.15, 0.2) is 58.9 Å². The zero-order chi connectivity index (χ0) is 24.0. The van der Waals surface area contributed by atoms with Crippen molar-refractivity contribution in [2.75, 3.05) is 12.9 Å². The molecule has 0 fully saturated rings. The smallest absolute Gasteiger partial charge is 0.196 e. The molecule has 0 bridgehead atoms. The first kappa shape index (κ1) is 24.2. The van der Waals surface area contributed by atoms with Gasteiger partial charge in [0, 0.05) is 10.7 Å². The molecule has 0 amide bonds. The van der Waals surface area contributed by atoms with Crippen molar-refractivity contribution >= 4 is 29.1 Å². The summed E-state index contributed by atoms with van der Waals surface area (Å²) in [5.74, 6) is 1.48. The van der Waals surface area contributed by atoms with Crippen molar-refractivity contribution in [1.29, 1.82) is 5.26 Å². The molecular formula is C23H22ClN5O3S. The zero-order valence-corrected chi connectivity index (χ0v) is 19.9. The van der Waals surface area contributed by atoms with E-state index in [0.29, 0.717) is 21.8 Å². The number of nitriles is 1. The summed E-state index contributed by atoms with van der Waals surface area (Å²) in [6.07, 6.45) is 0. The summed E-state index contributed by atoms with van der Waals surface area (Å²) in [6, 6.07) is 14.6. The van der Waals surface area contributed by atoms with Crippen LogP contribution in [0.5, 0.6) is 11.5 Å². The molecule has 33 heavy (non-hydrogen) atoms. The van der Waals surface area contributed by atoms with Crippen LogP contribution in [0.1, 0.15) is 18.3 Å². The molecule has 1 aromatic heterocycles. The molecule has 0 radical (unpaired) electrons. The first-order chi connectivity index (χ1) is 15.8. The van der Waals surface area contributed by atoms with Crippen molar-refractivity contribution in [3.05, 3.63) is 70.1 Å². The minimum absolute atomic E-state index is 0.0193. The number of carbonyl (C=O) groups excluding carboxylic acids is 1. The van der Waals surface area contributed by atoms with E-state index in [0.717, 1.165) is 28.8 Å². The van der Waals surface area contributed by atoms with Gasteiger partial charge in [0.2, 0.25) is 0 Å². The number of benzene rings is 2. The zero-order valence-electron chi connectivity index (χ0n) is 18.3. The topological polar surface area (TPSA) is 116 Å². The van der Waals surface area contributed by atoms with Crippen LogP contribution in [0.2, 0.25) is 5.02 Å². The molecule has 1 heterocycles. The van der Waals surface area contributed by atoms with Gasteiger partial charge in [-0.2, -0.15) is 5.26 Å². The van der Waals surface area contributed by atoms with Crippen molar-refractivity contribution in [1.82, 2.24) is 14.8 Å². The summed E-state index contributed by atoms with van der Waals surface area (Å²) in [5, 5.41) is 18.7. The maximum atomic E-state index is 12.4. The Morgan fingerprint density at radius 1 is 1.21 bits per heavy atom. The molecule has 3 aromatic rings. The Hall–Kier alpha value is -3.48. The number of thioether (sulfide) groups is 1. The highest BCUT2D eigenvalue weighted by molar-refractivity contribution is 7.99. The summed E-state index contributed by atoms with van der Waals surface area (Å²) < 4.78 is 12.8. The lowest BCUT2D eigenvalue weighted by Gasteiger charge is -2.12. The van der Waals surface area contributed by atoms with Gasteiger partial charge in [0.25, 0.3) is 0 Å². The molecule has 2 N–H and O–H groups in total. The summed E-state index contributed by atoms with van der Waals surface area (Å²) in [7, 11) is 1.60. The molecule has 0 unspecified atom stereocenters. The minimum Gasteiger partial charge on any atom is -0.497 e. The molecule has 0 aliphatic rings. The van der Waals surface area contributed by atoms with Gasteiger partial charge < -0.3 is 15.2 Å². The number of allylic oxidation sites excluding steroid dienone is 2. The minimum atomic E-state index is -0.380. The number of rotatable bonds is 9. The van der Waals surface area contributed by atoms with Crippen molar-refractivity contribution in [3.63, 3.8) is 0 Å². The second kappa shape index (κ2) is 10.9. The largest absolute Gasteiger partial charge is 0.497 e. The van der Waals surface area contributed by atoms with Crippen molar-refractivity contribution in [3.8, 4) is 23.3 Å². The quantitative estimate of drug-likeness (QED) is 0.273. The van der Waals surface area contributed by atoms with E-state index in [4.69, 9.17) is 26.8 Å². The molecule has 170 valence electrons. The Kier molecular flexibility index (Phi) is 7.98. The Morgan fingerprint density at radius 2 is 1.91 bits per heavy atom. The predicted molar refractivity (Wildman–Crippen MR) is 127 cm³/mol. The summed E-state index contributed by atoms with van der Waals surface area (Å²) >= 11 is 7.50. The number of nitrogens with zero attached hydrogens (tertiary/aromatic N) is 4. The normalized spacial score (nSPS) is 11.5. The molecule has 8 nitrogen and oxygen atoms in total. The van der Waals surface area contributed by atoms with Crippen molar-refractivity contribution in [2.24, 2.45) is 5.73 Å². The van der Waals surface area contributed by atoms with Gasteiger partial charge >= 0.3 is 0 Å². The maximum Gasteiger partial charge on any atom is 0.196 e. The number of carbonyl (C=O) groups is 1. The SMILES string of the molecule is COc1ccc(OCc2nnc(SCC(=O)/C(C#N)=C(\C)N)n2-c2ccc(C)c(Cl)c2)cc1. The first-order valence-electron chi connectivity index (χ1n) is 9.84. The molecular weight excluding hydrogens is 462 g/mol. The highest BCUT2D eigenvalue weighted by atomic mass is 35.5. The first-order valence-corrected chi connectivity index (χ1v) is 11.2. The lowest BCUT2D eigenvalue weighted by atomic mass is 10.2. The van der Waals surface area contributed by atoms with E-state index in [-0.39, 0.29) is 29.4 Å². The van der Waals surface area contributed by atoms with E-state index >= 15 is 0 Å². The highest BCUT2D eigenvalue weighted by Crippen LogP contribution is 2.27. The van der Waals surface area contributed by atoms with Crippen molar-refractivity contribution < 1.29 is 14.3 Å². The van der Waals surface area contributed by atoms with Gasteiger partial charge in [-0.1, -0.05) is 29.4 Å². The van der Waals surface area contributed by atoms with E-state index < -0.39 is 0 Å². The molecule has 3 rings (SSSR count). The molecule has 0 aliphatic heterocycles. The van der Waals surface area contributed by atoms with Crippen LogP contribution < -0.4 is 15.2 Å². The van der Waals surface area contributed by atoms with Gasteiger partial charge in [0.05, 0.1) is 18.6 Å². The summed E-state index contributed by atoms with van der Waals surface area (Å²) in [6.45, 7) is 3.56. The van der Waals surface area contributed by atoms with E-state index in [2.05, 4.69) is 10.2 Å². The fourth-order valence-electron chi connectivity index (χ4n) is 2.86. The molecule has 0 spiro atoms. The number of Topliss-reactive ketones (excluding diaryl/α,β-unsaturated/α-hetero) is 1. The Labute approximate surface area is 201 Å². The number of aromatic nitrogens is 3. The molecule has 2 aromatic carbocycles. The number of hydrogen-bond donors (Lipinski definition) is 1. The third kappa shape index (κ3) is 5.86. The van der Waals surface area contributed by atoms with Crippen LogP contribution in [0.25, 0.3) is 5.69 Å². The van der Waals surface area contributed by atoms with Crippen molar-refractivity contribution in [2.45, 2.75) is 25.6 Å². The van der Waals surface area contributed by atoms with E-state index in [1.165, 1.54) is 6.92 Å². The maximum absolute atomic E-state index is 12.4. The fraction of sp³-hybridized carbons (Fsp3) is 0.217. The fourth-order valence-corrected chi connectivity index (χ4v) is 3.88. The molecule has 0 saturated heterocycles. The lowest BCUT2D eigenvalue weighted by molar-refractivity contribution is -0.112. The third-order valence-corrected chi connectivity index (χ3v) is 5.99. The van der Waals surface area contributed by atoms with Crippen LogP contribution in [0, 0.1) is 18.3 Å². The van der Waals surface area contributed by atoms with Gasteiger partial charge in [-0.05, 0) is 55.8 Å². The Balaban J connectivity index is 1.89.